The van der Waals surface area contributed by atoms with Gasteiger partial charge in [0, 0.05) is 11.6 Å². The summed E-state index contributed by atoms with van der Waals surface area (Å²) in [5, 5.41) is 10.8. The molecule has 2 rings (SSSR count). The van der Waals surface area contributed by atoms with E-state index in [-0.39, 0.29) is 5.69 Å². The number of nitro groups is 1. The summed E-state index contributed by atoms with van der Waals surface area (Å²) in [6, 6.07) is 11.5. The van der Waals surface area contributed by atoms with E-state index >= 15 is 0 Å². The van der Waals surface area contributed by atoms with Crippen molar-refractivity contribution in [3.63, 3.8) is 0 Å². The third-order valence-electron chi connectivity index (χ3n) is 3.15. The number of carbonyl (C=O) groups is 1. The summed E-state index contributed by atoms with van der Waals surface area (Å²) in [6.07, 6.45) is 0. The number of ether oxygens (including phenoxy) is 2. The molecule has 0 aliphatic heterocycles. The minimum Gasteiger partial charge on any atom is -0.489 e. The Labute approximate surface area is 127 Å². The molecule has 0 heterocycles. The normalized spacial score (nSPS) is 10.1. The smallest absolute Gasteiger partial charge is 0.337 e. The summed E-state index contributed by atoms with van der Waals surface area (Å²) < 4.78 is 10.2. The lowest BCUT2D eigenvalue weighted by atomic mass is 10.1. The Morgan fingerprint density at radius 2 is 1.86 bits per heavy atom. The van der Waals surface area contributed by atoms with Gasteiger partial charge in [-0.05, 0) is 36.8 Å². The highest BCUT2D eigenvalue weighted by atomic mass is 16.6. The van der Waals surface area contributed by atoms with Gasteiger partial charge in [0.15, 0.2) is 0 Å². The lowest BCUT2D eigenvalue weighted by Gasteiger charge is -2.08. The van der Waals surface area contributed by atoms with Crippen LogP contribution in [0.3, 0.4) is 0 Å². The second-order valence-corrected chi connectivity index (χ2v) is 4.68. The molecule has 0 atom stereocenters. The third-order valence-corrected chi connectivity index (χ3v) is 3.15. The zero-order valence-electron chi connectivity index (χ0n) is 12.2. The molecule has 0 saturated heterocycles. The molecular weight excluding hydrogens is 286 g/mol. The molecule has 2 aromatic rings. The first-order chi connectivity index (χ1) is 10.5. The minimum atomic E-state index is -0.426. The Hall–Kier alpha value is -2.89. The van der Waals surface area contributed by atoms with Crippen LogP contribution in [0.2, 0.25) is 0 Å². The monoisotopic (exact) mass is 301 g/mol. The van der Waals surface area contributed by atoms with E-state index in [2.05, 4.69) is 4.74 Å². The maximum Gasteiger partial charge on any atom is 0.337 e. The Morgan fingerprint density at radius 3 is 2.41 bits per heavy atom. The summed E-state index contributed by atoms with van der Waals surface area (Å²) in [6.45, 7) is 1.97. The number of hydrogen-bond acceptors (Lipinski definition) is 5. The van der Waals surface area contributed by atoms with Gasteiger partial charge in [-0.25, -0.2) is 4.79 Å². The number of nitrogens with zero attached hydrogens (tertiary/aromatic N) is 1. The average molecular weight is 301 g/mol. The van der Waals surface area contributed by atoms with Gasteiger partial charge in [-0.2, -0.15) is 0 Å². The van der Waals surface area contributed by atoms with Crippen LogP contribution in [-0.2, 0) is 11.3 Å². The van der Waals surface area contributed by atoms with Crippen LogP contribution in [-0.4, -0.2) is 18.0 Å². The quantitative estimate of drug-likeness (QED) is 0.481. The van der Waals surface area contributed by atoms with E-state index in [0.29, 0.717) is 23.5 Å². The van der Waals surface area contributed by atoms with Gasteiger partial charge in [-0.3, -0.25) is 10.1 Å². The summed E-state index contributed by atoms with van der Waals surface area (Å²) in [4.78, 5) is 21.6. The fourth-order valence-electron chi connectivity index (χ4n) is 1.94. The molecule has 6 heteroatoms. The van der Waals surface area contributed by atoms with Gasteiger partial charge in [-0.15, -0.1) is 0 Å². The first-order valence-corrected chi connectivity index (χ1v) is 6.56. The van der Waals surface area contributed by atoms with E-state index in [1.54, 1.807) is 43.3 Å². The molecule has 2 aromatic carbocycles. The molecule has 0 spiro atoms. The maximum absolute atomic E-state index is 11.3. The Balaban J connectivity index is 2.02. The van der Waals surface area contributed by atoms with Crippen LogP contribution in [0.5, 0.6) is 5.75 Å². The molecule has 114 valence electrons. The Kier molecular flexibility index (Phi) is 4.73. The van der Waals surface area contributed by atoms with Crippen LogP contribution >= 0.6 is 0 Å². The number of nitro benzene ring substituents is 1. The molecule has 6 nitrogen and oxygen atoms in total. The predicted molar refractivity (Wildman–Crippen MR) is 79.9 cm³/mol. The highest BCUT2D eigenvalue weighted by Gasteiger charge is 2.10. The van der Waals surface area contributed by atoms with Crippen molar-refractivity contribution < 1.29 is 19.2 Å². The number of esters is 1. The molecule has 0 bridgehead atoms. The van der Waals surface area contributed by atoms with E-state index in [1.165, 1.54) is 13.2 Å². The zero-order chi connectivity index (χ0) is 16.1. The fraction of sp³-hybridized carbons (Fsp3) is 0.188. The molecule has 0 aromatic heterocycles. The SMILES string of the molecule is COC(=O)c1ccc(COc2ccc([N+](=O)[O-])c(C)c2)cc1. The number of aryl methyl sites for hydroxylation is 1. The number of methoxy groups -OCH3 is 1. The van der Waals surface area contributed by atoms with Crippen LogP contribution in [0.1, 0.15) is 21.5 Å². The highest BCUT2D eigenvalue weighted by Crippen LogP contribution is 2.23. The van der Waals surface area contributed by atoms with E-state index in [9.17, 15) is 14.9 Å². The number of hydrogen-bond donors (Lipinski definition) is 0. The van der Waals surface area contributed by atoms with Crippen LogP contribution in [0, 0.1) is 17.0 Å². The molecule has 0 aliphatic rings. The van der Waals surface area contributed by atoms with E-state index < -0.39 is 10.9 Å². The van der Waals surface area contributed by atoms with Gasteiger partial charge in [-0.1, -0.05) is 12.1 Å². The van der Waals surface area contributed by atoms with Crippen molar-refractivity contribution in [3.05, 3.63) is 69.3 Å². The molecule has 0 amide bonds. The standard InChI is InChI=1S/C16H15NO5/c1-11-9-14(7-8-15(11)17(19)20)22-10-12-3-5-13(6-4-12)16(18)21-2/h3-9H,10H2,1-2H3. The average Bonchev–Trinajstić information content (AvgIpc) is 2.52. The van der Waals surface area contributed by atoms with Gasteiger partial charge in [0.05, 0.1) is 17.6 Å². The fourth-order valence-corrected chi connectivity index (χ4v) is 1.94. The zero-order valence-corrected chi connectivity index (χ0v) is 12.2. The van der Waals surface area contributed by atoms with Crippen molar-refractivity contribution in [1.82, 2.24) is 0 Å². The molecule has 0 radical (unpaired) electrons. The Bertz CT molecular complexity index is 694. The van der Waals surface area contributed by atoms with Crippen molar-refractivity contribution in [2.24, 2.45) is 0 Å². The van der Waals surface area contributed by atoms with Crippen LogP contribution in [0.15, 0.2) is 42.5 Å². The van der Waals surface area contributed by atoms with Crippen molar-refractivity contribution in [2.45, 2.75) is 13.5 Å². The number of benzene rings is 2. The number of rotatable bonds is 5. The predicted octanol–water partition coefficient (Wildman–Crippen LogP) is 3.27. The first-order valence-electron chi connectivity index (χ1n) is 6.56. The third kappa shape index (κ3) is 3.60. The van der Waals surface area contributed by atoms with Crippen molar-refractivity contribution in [2.75, 3.05) is 7.11 Å². The molecule has 22 heavy (non-hydrogen) atoms. The van der Waals surface area contributed by atoms with Crippen LogP contribution in [0.4, 0.5) is 5.69 Å². The van der Waals surface area contributed by atoms with Crippen LogP contribution in [0.25, 0.3) is 0 Å². The Morgan fingerprint density at radius 1 is 1.18 bits per heavy atom. The van der Waals surface area contributed by atoms with Crippen LogP contribution < -0.4 is 4.74 Å². The molecule has 0 N–H and O–H groups in total. The molecule has 0 unspecified atom stereocenters. The minimum absolute atomic E-state index is 0.0646. The van der Waals surface area contributed by atoms with E-state index in [4.69, 9.17) is 4.74 Å². The second kappa shape index (κ2) is 6.71. The van der Waals surface area contributed by atoms with Crippen molar-refractivity contribution in [3.8, 4) is 5.75 Å². The molecular formula is C16H15NO5. The van der Waals surface area contributed by atoms with Gasteiger partial charge in [0.2, 0.25) is 0 Å². The topological polar surface area (TPSA) is 78.7 Å². The van der Waals surface area contributed by atoms with Gasteiger partial charge in [0.1, 0.15) is 12.4 Å². The van der Waals surface area contributed by atoms with Gasteiger partial charge < -0.3 is 9.47 Å². The van der Waals surface area contributed by atoms with Crippen molar-refractivity contribution >= 4 is 11.7 Å². The van der Waals surface area contributed by atoms with E-state index in [1.807, 2.05) is 0 Å². The maximum atomic E-state index is 11.3. The molecule has 0 aliphatic carbocycles. The summed E-state index contributed by atoms with van der Waals surface area (Å²) in [5.74, 6) is 0.165. The summed E-state index contributed by atoms with van der Waals surface area (Å²) >= 11 is 0. The molecule has 0 saturated carbocycles. The summed E-state index contributed by atoms with van der Waals surface area (Å²) in [7, 11) is 1.33. The van der Waals surface area contributed by atoms with E-state index in [0.717, 1.165) is 5.56 Å². The van der Waals surface area contributed by atoms with Gasteiger partial charge >= 0.3 is 5.97 Å². The summed E-state index contributed by atoms with van der Waals surface area (Å²) in [5.41, 5.74) is 1.96. The molecule has 0 fully saturated rings. The largest absolute Gasteiger partial charge is 0.489 e. The first kappa shape index (κ1) is 15.5. The number of carbonyl (C=O) groups excluding carboxylic acids is 1. The van der Waals surface area contributed by atoms with Gasteiger partial charge in [0.25, 0.3) is 5.69 Å². The lowest BCUT2D eigenvalue weighted by molar-refractivity contribution is -0.385. The van der Waals surface area contributed by atoms with Crippen molar-refractivity contribution in [1.29, 1.82) is 0 Å². The highest BCUT2D eigenvalue weighted by molar-refractivity contribution is 5.89. The second-order valence-electron chi connectivity index (χ2n) is 4.68. The lowest BCUT2D eigenvalue weighted by Crippen LogP contribution is -2.02.